The molecule has 0 atom stereocenters. The van der Waals surface area contributed by atoms with Crippen LogP contribution < -0.4 is 0 Å². The Kier molecular flexibility index (Phi) is 3.62. The quantitative estimate of drug-likeness (QED) is 0.795. The third-order valence-corrected chi connectivity index (χ3v) is 3.57. The lowest BCUT2D eigenvalue weighted by Crippen LogP contribution is -1.99. The van der Waals surface area contributed by atoms with Gasteiger partial charge in [0.2, 0.25) is 0 Å². The summed E-state index contributed by atoms with van der Waals surface area (Å²) in [4.78, 5) is 3.58. The van der Waals surface area contributed by atoms with Crippen molar-refractivity contribution >= 4 is 26.8 Å². The Hall–Kier alpha value is -0.760. The van der Waals surface area contributed by atoms with Crippen molar-refractivity contribution in [1.29, 1.82) is 0 Å². The highest BCUT2D eigenvalue weighted by Gasteiger charge is 2.15. The molecule has 0 aliphatic rings. The number of H-pyrrole nitrogens is 1. The molecule has 92 valence electrons. The smallest absolute Gasteiger partial charge is 0.0459 e. The largest absolute Gasteiger partial charge is 0.358 e. The summed E-state index contributed by atoms with van der Waals surface area (Å²) < 4.78 is 1.15. The molecule has 1 aromatic carbocycles. The zero-order chi connectivity index (χ0) is 12.6. The first-order valence-corrected chi connectivity index (χ1v) is 7.08. The van der Waals surface area contributed by atoms with E-state index in [9.17, 15) is 0 Å². The predicted molar refractivity (Wildman–Crippen MR) is 78.6 cm³/mol. The van der Waals surface area contributed by atoms with Crippen molar-refractivity contribution in [3.05, 3.63) is 33.9 Å². The van der Waals surface area contributed by atoms with Gasteiger partial charge in [-0.3, -0.25) is 0 Å². The van der Waals surface area contributed by atoms with Crippen molar-refractivity contribution in [1.82, 2.24) is 4.98 Å². The van der Waals surface area contributed by atoms with E-state index in [4.69, 9.17) is 0 Å². The molecule has 2 aromatic rings. The van der Waals surface area contributed by atoms with Crippen LogP contribution in [0.15, 0.2) is 22.7 Å². The average molecular weight is 294 g/mol. The molecular formula is C15H20BrN. The van der Waals surface area contributed by atoms with Crippen LogP contribution in [-0.4, -0.2) is 4.98 Å². The topological polar surface area (TPSA) is 15.8 Å². The highest BCUT2D eigenvalue weighted by molar-refractivity contribution is 9.10. The Labute approximate surface area is 112 Å². The lowest BCUT2D eigenvalue weighted by molar-refractivity contribution is 0.630. The summed E-state index contributed by atoms with van der Waals surface area (Å²) in [5.74, 6) is 1.25. The van der Waals surface area contributed by atoms with E-state index in [0.29, 0.717) is 11.8 Å². The highest BCUT2D eigenvalue weighted by Crippen LogP contribution is 2.32. The number of nitrogens with one attached hydrogen (secondary N) is 1. The molecule has 1 N–H and O–H groups in total. The first-order valence-electron chi connectivity index (χ1n) is 6.29. The monoisotopic (exact) mass is 293 g/mol. The van der Waals surface area contributed by atoms with Crippen LogP contribution in [0.4, 0.5) is 0 Å². The number of fused-ring (bicyclic) bond motifs is 1. The standard InChI is InChI=1S/C15H20BrN/c1-9(2)7-14-15(10(3)4)12-8-11(16)5-6-13(12)17-14/h5-6,8-10,17H,7H2,1-4H3. The lowest BCUT2D eigenvalue weighted by atomic mass is 9.95. The van der Waals surface area contributed by atoms with Gasteiger partial charge in [-0.1, -0.05) is 43.6 Å². The van der Waals surface area contributed by atoms with E-state index >= 15 is 0 Å². The number of benzene rings is 1. The van der Waals surface area contributed by atoms with E-state index in [2.05, 4.69) is 66.8 Å². The van der Waals surface area contributed by atoms with E-state index in [1.165, 1.54) is 22.2 Å². The fourth-order valence-corrected chi connectivity index (χ4v) is 2.83. The van der Waals surface area contributed by atoms with Crippen LogP contribution in [0.3, 0.4) is 0 Å². The Morgan fingerprint density at radius 1 is 1.18 bits per heavy atom. The van der Waals surface area contributed by atoms with E-state index in [0.717, 1.165) is 10.9 Å². The summed E-state index contributed by atoms with van der Waals surface area (Å²) in [7, 11) is 0. The minimum Gasteiger partial charge on any atom is -0.358 e. The lowest BCUT2D eigenvalue weighted by Gasteiger charge is -2.10. The number of rotatable bonds is 3. The maximum atomic E-state index is 3.58. The predicted octanol–water partition coefficient (Wildman–Crippen LogP) is 5.25. The molecule has 0 unspecified atom stereocenters. The number of aromatic nitrogens is 1. The SMILES string of the molecule is CC(C)Cc1[nH]c2ccc(Br)cc2c1C(C)C. The molecule has 1 nitrogen and oxygen atoms in total. The molecule has 0 aliphatic heterocycles. The molecule has 0 aliphatic carbocycles. The fourth-order valence-electron chi connectivity index (χ4n) is 2.47. The maximum Gasteiger partial charge on any atom is 0.0459 e. The van der Waals surface area contributed by atoms with Gasteiger partial charge in [0.05, 0.1) is 0 Å². The molecule has 1 heterocycles. The highest BCUT2D eigenvalue weighted by atomic mass is 79.9. The summed E-state index contributed by atoms with van der Waals surface area (Å²) in [6.07, 6.45) is 1.12. The second-order valence-corrected chi connectivity index (χ2v) is 6.38. The molecule has 0 saturated heterocycles. The summed E-state index contributed by atoms with van der Waals surface area (Å²) in [6.45, 7) is 9.08. The van der Waals surface area contributed by atoms with E-state index in [-0.39, 0.29) is 0 Å². The van der Waals surface area contributed by atoms with Gasteiger partial charge < -0.3 is 4.98 Å². The number of aromatic amines is 1. The molecular weight excluding hydrogens is 274 g/mol. The molecule has 0 amide bonds. The number of hydrogen-bond donors (Lipinski definition) is 1. The molecule has 0 spiro atoms. The van der Waals surface area contributed by atoms with Gasteiger partial charge in [0.15, 0.2) is 0 Å². The zero-order valence-electron chi connectivity index (χ0n) is 11.0. The fraction of sp³-hybridized carbons (Fsp3) is 0.467. The molecule has 0 radical (unpaired) electrons. The minimum absolute atomic E-state index is 0.562. The van der Waals surface area contributed by atoms with Crippen LogP contribution in [-0.2, 0) is 6.42 Å². The summed E-state index contributed by atoms with van der Waals surface area (Å²) in [5, 5.41) is 1.37. The molecule has 0 bridgehead atoms. The average Bonchev–Trinajstić information content (AvgIpc) is 2.53. The van der Waals surface area contributed by atoms with Crippen LogP contribution in [0.25, 0.3) is 10.9 Å². The first kappa shape index (κ1) is 12.7. The zero-order valence-corrected chi connectivity index (χ0v) is 12.6. The summed E-state index contributed by atoms with van der Waals surface area (Å²) in [6, 6.07) is 6.49. The molecule has 17 heavy (non-hydrogen) atoms. The first-order chi connectivity index (χ1) is 7.99. The van der Waals surface area contributed by atoms with Gasteiger partial charge in [0.25, 0.3) is 0 Å². The van der Waals surface area contributed by atoms with E-state index in [1.54, 1.807) is 0 Å². The van der Waals surface area contributed by atoms with Crippen LogP contribution in [0, 0.1) is 5.92 Å². The number of hydrogen-bond acceptors (Lipinski definition) is 0. The van der Waals surface area contributed by atoms with Gasteiger partial charge >= 0.3 is 0 Å². The third-order valence-electron chi connectivity index (χ3n) is 3.07. The summed E-state index contributed by atoms with van der Waals surface area (Å²) in [5.41, 5.74) is 4.14. The van der Waals surface area contributed by atoms with Gasteiger partial charge in [-0.05, 0) is 42.0 Å². The van der Waals surface area contributed by atoms with Crippen molar-refractivity contribution in [2.45, 2.75) is 40.0 Å². The van der Waals surface area contributed by atoms with E-state index < -0.39 is 0 Å². The Morgan fingerprint density at radius 3 is 2.47 bits per heavy atom. The minimum atomic E-state index is 0.562. The molecule has 0 fully saturated rings. The van der Waals surface area contributed by atoms with Crippen molar-refractivity contribution in [2.75, 3.05) is 0 Å². The van der Waals surface area contributed by atoms with Crippen LogP contribution in [0.2, 0.25) is 0 Å². The van der Waals surface area contributed by atoms with Gasteiger partial charge in [-0.25, -0.2) is 0 Å². The molecule has 2 heteroatoms. The number of halogens is 1. The molecule has 0 saturated carbocycles. The van der Waals surface area contributed by atoms with Gasteiger partial charge in [-0.2, -0.15) is 0 Å². The van der Waals surface area contributed by atoms with Crippen LogP contribution >= 0.6 is 15.9 Å². The Bertz CT molecular complexity index is 523. The van der Waals surface area contributed by atoms with Crippen molar-refractivity contribution in [3.8, 4) is 0 Å². The Balaban J connectivity index is 2.63. The van der Waals surface area contributed by atoms with Gasteiger partial charge in [0, 0.05) is 21.1 Å². The Morgan fingerprint density at radius 2 is 1.88 bits per heavy atom. The van der Waals surface area contributed by atoms with Crippen LogP contribution in [0.1, 0.15) is 44.9 Å². The third kappa shape index (κ3) is 2.57. The van der Waals surface area contributed by atoms with Gasteiger partial charge in [-0.15, -0.1) is 0 Å². The normalized spacial score (nSPS) is 11.9. The van der Waals surface area contributed by atoms with Crippen molar-refractivity contribution < 1.29 is 0 Å². The van der Waals surface area contributed by atoms with Crippen molar-refractivity contribution in [3.63, 3.8) is 0 Å². The maximum absolute atomic E-state index is 3.58. The summed E-state index contributed by atoms with van der Waals surface area (Å²) >= 11 is 3.56. The van der Waals surface area contributed by atoms with Gasteiger partial charge in [0.1, 0.15) is 0 Å². The van der Waals surface area contributed by atoms with E-state index in [1.807, 2.05) is 0 Å². The second-order valence-electron chi connectivity index (χ2n) is 5.46. The van der Waals surface area contributed by atoms with Crippen LogP contribution in [0.5, 0.6) is 0 Å². The second kappa shape index (κ2) is 4.85. The van der Waals surface area contributed by atoms with Crippen molar-refractivity contribution in [2.24, 2.45) is 5.92 Å². The molecule has 1 aromatic heterocycles. The molecule has 2 rings (SSSR count).